The zero-order chi connectivity index (χ0) is 13.1. The van der Waals surface area contributed by atoms with Gasteiger partial charge in [-0.1, -0.05) is 25.6 Å². The van der Waals surface area contributed by atoms with E-state index in [0.717, 1.165) is 24.8 Å². The molecule has 0 spiro atoms. The SMILES string of the molecule is CCCN(CC(N)=S)C(=O)CC1CC2CCC1C2. The van der Waals surface area contributed by atoms with Gasteiger partial charge in [0, 0.05) is 13.0 Å². The van der Waals surface area contributed by atoms with E-state index in [1.807, 2.05) is 4.90 Å². The molecule has 2 aliphatic carbocycles. The van der Waals surface area contributed by atoms with Crippen LogP contribution in [-0.4, -0.2) is 28.9 Å². The van der Waals surface area contributed by atoms with E-state index >= 15 is 0 Å². The topological polar surface area (TPSA) is 46.3 Å². The van der Waals surface area contributed by atoms with E-state index in [1.165, 1.54) is 25.7 Å². The van der Waals surface area contributed by atoms with Crippen LogP contribution in [0.2, 0.25) is 0 Å². The fourth-order valence-corrected chi connectivity index (χ4v) is 3.89. The Labute approximate surface area is 115 Å². The van der Waals surface area contributed by atoms with Crippen molar-refractivity contribution in [1.29, 1.82) is 0 Å². The second-order valence-corrected chi connectivity index (χ2v) is 6.45. The third-order valence-corrected chi connectivity index (χ3v) is 4.64. The van der Waals surface area contributed by atoms with Gasteiger partial charge in [-0.15, -0.1) is 0 Å². The number of nitrogens with two attached hydrogens (primary N) is 1. The standard InChI is InChI=1S/C14H24N2OS/c1-2-5-16(9-13(15)18)14(17)8-12-7-10-3-4-11(12)6-10/h10-12H,2-9H2,1H3,(H2,15,18). The zero-order valence-electron chi connectivity index (χ0n) is 11.2. The van der Waals surface area contributed by atoms with Gasteiger partial charge in [-0.2, -0.15) is 0 Å². The van der Waals surface area contributed by atoms with E-state index < -0.39 is 0 Å². The van der Waals surface area contributed by atoms with E-state index in [4.69, 9.17) is 18.0 Å². The second kappa shape index (κ2) is 6.00. The molecule has 0 aliphatic heterocycles. The van der Waals surface area contributed by atoms with Gasteiger partial charge in [-0.3, -0.25) is 4.79 Å². The van der Waals surface area contributed by atoms with Crippen LogP contribution in [0.4, 0.5) is 0 Å². The smallest absolute Gasteiger partial charge is 0.223 e. The molecule has 2 aliphatic rings. The average Bonchev–Trinajstić information content (AvgIpc) is 2.89. The molecule has 102 valence electrons. The number of rotatable bonds is 6. The Hall–Kier alpha value is -0.640. The van der Waals surface area contributed by atoms with Gasteiger partial charge in [0.2, 0.25) is 5.91 Å². The molecule has 0 aromatic rings. The summed E-state index contributed by atoms with van der Waals surface area (Å²) in [5, 5.41) is 0. The van der Waals surface area contributed by atoms with Crippen LogP contribution < -0.4 is 5.73 Å². The molecule has 2 bridgehead atoms. The summed E-state index contributed by atoms with van der Waals surface area (Å²) in [6, 6.07) is 0. The van der Waals surface area contributed by atoms with Crippen LogP contribution in [0.3, 0.4) is 0 Å². The molecule has 0 aromatic heterocycles. The van der Waals surface area contributed by atoms with Crippen LogP contribution in [0.1, 0.15) is 45.4 Å². The average molecular weight is 268 g/mol. The predicted molar refractivity (Wildman–Crippen MR) is 77.2 cm³/mol. The van der Waals surface area contributed by atoms with Gasteiger partial charge in [0.1, 0.15) is 0 Å². The van der Waals surface area contributed by atoms with Gasteiger partial charge in [0.25, 0.3) is 0 Å². The number of carbonyl (C=O) groups is 1. The van der Waals surface area contributed by atoms with E-state index in [-0.39, 0.29) is 5.91 Å². The van der Waals surface area contributed by atoms with Crippen LogP contribution in [0.25, 0.3) is 0 Å². The highest BCUT2D eigenvalue weighted by atomic mass is 32.1. The minimum absolute atomic E-state index is 0.252. The fraction of sp³-hybridized carbons (Fsp3) is 0.857. The molecule has 3 unspecified atom stereocenters. The quantitative estimate of drug-likeness (QED) is 0.752. The van der Waals surface area contributed by atoms with E-state index in [9.17, 15) is 4.79 Å². The van der Waals surface area contributed by atoms with Gasteiger partial charge in [0.05, 0.1) is 11.5 Å². The first-order valence-corrected chi connectivity index (χ1v) is 7.57. The third-order valence-electron chi connectivity index (χ3n) is 4.51. The Morgan fingerprint density at radius 2 is 2.17 bits per heavy atom. The number of carbonyl (C=O) groups excluding carboxylic acids is 1. The highest BCUT2D eigenvalue weighted by Crippen LogP contribution is 2.49. The minimum atomic E-state index is 0.252. The van der Waals surface area contributed by atoms with Crippen molar-refractivity contribution in [2.24, 2.45) is 23.5 Å². The molecule has 3 atom stereocenters. The highest BCUT2D eigenvalue weighted by molar-refractivity contribution is 7.80. The van der Waals surface area contributed by atoms with Crippen molar-refractivity contribution in [2.45, 2.75) is 45.4 Å². The maximum absolute atomic E-state index is 12.3. The molecule has 0 aromatic carbocycles. The molecular formula is C14H24N2OS. The van der Waals surface area contributed by atoms with Crippen LogP contribution in [0.5, 0.6) is 0 Å². The lowest BCUT2D eigenvalue weighted by Gasteiger charge is -2.26. The van der Waals surface area contributed by atoms with E-state index in [1.54, 1.807) is 0 Å². The van der Waals surface area contributed by atoms with E-state index in [2.05, 4.69) is 6.92 Å². The molecule has 0 radical (unpaired) electrons. The Bertz CT molecular complexity index is 332. The molecular weight excluding hydrogens is 244 g/mol. The van der Waals surface area contributed by atoms with Crippen LogP contribution >= 0.6 is 12.2 Å². The normalized spacial score (nSPS) is 29.5. The van der Waals surface area contributed by atoms with Crippen LogP contribution in [-0.2, 0) is 4.79 Å². The Kier molecular flexibility index (Phi) is 4.60. The first-order valence-electron chi connectivity index (χ1n) is 7.16. The molecule has 2 rings (SSSR count). The van der Waals surface area contributed by atoms with Gasteiger partial charge < -0.3 is 10.6 Å². The number of hydrogen-bond acceptors (Lipinski definition) is 2. The summed E-state index contributed by atoms with van der Waals surface area (Å²) in [7, 11) is 0. The lowest BCUT2D eigenvalue weighted by Crippen LogP contribution is -2.39. The van der Waals surface area contributed by atoms with Gasteiger partial charge in [-0.25, -0.2) is 0 Å². The molecule has 1 amide bonds. The summed E-state index contributed by atoms with van der Waals surface area (Å²) in [4.78, 5) is 14.6. The third kappa shape index (κ3) is 3.22. The minimum Gasteiger partial charge on any atom is -0.392 e. The molecule has 18 heavy (non-hydrogen) atoms. The summed E-state index contributed by atoms with van der Waals surface area (Å²) in [5.41, 5.74) is 5.57. The molecule has 2 fully saturated rings. The monoisotopic (exact) mass is 268 g/mol. The Morgan fingerprint density at radius 1 is 1.39 bits per heavy atom. The van der Waals surface area contributed by atoms with Gasteiger partial charge in [-0.05, 0) is 43.4 Å². The van der Waals surface area contributed by atoms with Gasteiger partial charge in [0.15, 0.2) is 0 Å². The maximum Gasteiger partial charge on any atom is 0.223 e. The van der Waals surface area contributed by atoms with Crippen molar-refractivity contribution in [3.63, 3.8) is 0 Å². The largest absolute Gasteiger partial charge is 0.392 e. The molecule has 3 nitrogen and oxygen atoms in total. The zero-order valence-corrected chi connectivity index (χ0v) is 12.0. The number of amides is 1. The molecule has 4 heteroatoms. The number of fused-ring (bicyclic) bond motifs is 2. The number of hydrogen-bond donors (Lipinski definition) is 1. The summed E-state index contributed by atoms with van der Waals surface area (Å²) < 4.78 is 0. The van der Waals surface area contributed by atoms with Crippen molar-refractivity contribution in [2.75, 3.05) is 13.1 Å². The highest BCUT2D eigenvalue weighted by Gasteiger charge is 2.40. The number of thiocarbonyl (C=S) groups is 1. The van der Waals surface area contributed by atoms with Crippen molar-refractivity contribution >= 4 is 23.1 Å². The first kappa shape index (κ1) is 13.8. The van der Waals surface area contributed by atoms with E-state index in [0.29, 0.717) is 23.9 Å². The first-order chi connectivity index (χ1) is 8.60. The van der Waals surface area contributed by atoms with Crippen molar-refractivity contribution in [3.05, 3.63) is 0 Å². The summed E-state index contributed by atoms with van der Waals surface area (Å²) in [6.07, 6.45) is 7.03. The molecule has 2 saturated carbocycles. The molecule has 2 N–H and O–H groups in total. The maximum atomic E-state index is 12.3. The summed E-state index contributed by atoms with van der Waals surface area (Å²) in [5.74, 6) is 2.60. The van der Waals surface area contributed by atoms with Crippen molar-refractivity contribution < 1.29 is 4.79 Å². The van der Waals surface area contributed by atoms with Crippen molar-refractivity contribution in [3.8, 4) is 0 Å². The Morgan fingerprint density at radius 3 is 2.67 bits per heavy atom. The predicted octanol–water partition coefficient (Wildman–Crippen LogP) is 2.34. The summed E-state index contributed by atoms with van der Waals surface area (Å²) in [6.45, 7) is 3.30. The van der Waals surface area contributed by atoms with Gasteiger partial charge >= 0.3 is 0 Å². The lowest BCUT2D eigenvalue weighted by atomic mass is 9.86. The van der Waals surface area contributed by atoms with Crippen LogP contribution in [0.15, 0.2) is 0 Å². The number of nitrogens with zero attached hydrogens (tertiary/aromatic N) is 1. The summed E-state index contributed by atoms with van der Waals surface area (Å²) >= 11 is 4.92. The molecule has 0 heterocycles. The molecule has 0 saturated heterocycles. The van der Waals surface area contributed by atoms with Crippen molar-refractivity contribution in [1.82, 2.24) is 4.90 Å². The second-order valence-electron chi connectivity index (χ2n) is 5.92. The lowest BCUT2D eigenvalue weighted by molar-refractivity contribution is -0.131. The fourth-order valence-electron chi connectivity index (χ4n) is 3.73. The Balaban J connectivity index is 1.86. The van der Waals surface area contributed by atoms with Crippen LogP contribution in [0, 0.1) is 17.8 Å².